The highest BCUT2D eigenvalue weighted by atomic mass is 19.1. The van der Waals surface area contributed by atoms with Crippen LogP contribution in [0.4, 0.5) is 4.39 Å². The third-order valence-corrected chi connectivity index (χ3v) is 7.21. The Morgan fingerprint density at radius 2 is 1.50 bits per heavy atom. The van der Waals surface area contributed by atoms with Crippen molar-refractivity contribution in [2.75, 3.05) is 6.61 Å². The molecule has 0 bridgehead atoms. The maximum Gasteiger partial charge on any atom is 0.131 e. The third kappa shape index (κ3) is 6.24. The summed E-state index contributed by atoms with van der Waals surface area (Å²) in [6, 6.07) is 22.6. The number of hydrogen-bond donors (Lipinski definition) is 0. The molecule has 0 radical (unpaired) electrons. The summed E-state index contributed by atoms with van der Waals surface area (Å²) in [5.41, 5.74) is 6.21. The van der Waals surface area contributed by atoms with Crippen molar-refractivity contribution in [2.45, 2.75) is 64.4 Å². The lowest BCUT2D eigenvalue weighted by atomic mass is 9.78. The molecule has 0 unspecified atom stereocenters. The first kappa shape index (κ1) is 24.4. The normalized spacial score (nSPS) is 18.1. The zero-order valence-corrected chi connectivity index (χ0v) is 20.4. The molecule has 34 heavy (non-hydrogen) atoms. The molecule has 4 rings (SSSR count). The van der Waals surface area contributed by atoms with Crippen LogP contribution in [0.5, 0.6) is 0 Å². The highest BCUT2D eigenvalue weighted by Crippen LogP contribution is 2.37. The van der Waals surface area contributed by atoms with Crippen LogP contribution in [-0.2, 0) is 11.3 Å². The minimum atomic E-state index is -0.126. The first-order valence-electron chi connectivity index (χ1n) is 12.9. The molecule has 0 aromatic heterocycles. The van der Waals surface area contributed by atoms with Gasteiger partial charge in [-0.2, -0.15) is 0 Å². The van der Waals surface area contributed by atoms with Crippen LogP contribution < -0.4 is 0 Å². The SMILES string of the molecule is C=C[C@H]1CC[C@H](c2ccc(-c3ccc(-c4ccc(COCCCCC)cc4)cc3)c(F)c2)CC1. The van der Waals surface area contributed by atoms with Crippen LogP contribution in [0.3, 0.4) is 0 Å². The minimum Gasteiger partial charge on any atom is -0.377 e. The molecular weight excluding hydrogens is 419 g/mol. The van der Waals surface area contributed by atoms with Crippen LogP contribution in [0.2, 0.25) is 0 Å². The Morgan fingerprint density at radius 3 is 2.12 bits per heavy atom. The summed E-state index contributed by atoms with van der Waals surface area (Å²) in [6.07, 6.45) is 10.2. The number of unbranched alkanes of at least 4 members (excludes halogenated alkanes) is 2. The first-order valence-corrected chi connectivity index (χ1v) is 12.9. The molecule has 1 aliphatic rings. The summed E-state index contributed by atoms with van der Waals surface area (Å²) < 4.78 is 20.8. The lowest BCUT2D eigenvalue weighted by Gasteiger charge is -2.27. The summed E-state index contributed by atoms with van der Waals surface area (Å²) in [5.74, 6) is 0.963. The molecule has 1 aliphatic carbocycles. The van der Waals surface area contributed by atoms with Gasteiger partial charge < -0.3 is 4.74 Å². The van der Waals surface area contributed by atoms with Gasteiger partial charge in [0.05, 0.1) is 6.61 Å². The quantitative estimate of drug-likeness (QED) is 0.218. The van der Waals surface area contributed by atoms with Crippen molar-refractivity contribution in [2.24, 2.45) is 5.92 Å². The van der Waals surface area contributed by atoms with E-state index in [1.165, 1.54) is 18.4 Å². The van der Waals surface area contributed by atoms with Gasteiger partial charge in [-0.05, 0) is 77.8 Å². The van der Waals surface area contributed by atoms with Crippen LogP contribution in [0.15, 0.2) is 79.4 Å². The summed E-state index contributed by atoms with van der Waals surface area (Å²) in [4.78, 5) is 0. The second kappa shape index (κ2) is 12.1. The summed E-state index contributed by atoms with van der Waals surface area (Å²) >= 11 is 0. The van der Waals surface area contributed by atoms with Crippen molar-refractivity contribution in [3.8, 4) is 22.3 Å². The first-order chi connectivity index (χ1) is 16.7. The monoisotopic (exact) mass is 456 g/mol. The number of rotatable bonds is 10. The topological polar surface area (TPSA) is 9.23 Å². The van der Waals surface area contributed by atoms with E-state index in [1.807, 2.05) is 18.2 Å². The molecule has 2 heteroatoms. The molecule has 3 aromatic rings. The molecule has 1 saturated carbocycles. The van der Waals surface area contributed by atoms with E-state index in [0.29, 0.717) is 24.0 Å². The van der Waals surface area contributed by atoms with Gasteiger partial charge in [0.15, 0.2) is 0 Å². The van der Waals surface area contributed by atoms with Gasteiger partial charge in [0.25, 0.3) is 0 Å². The smallest absolute Gasteiger partial charge is 0.131 e. The largest absolute Gasteiger partial charge is 0.377 e. The second-order valence-corrected chi connectivity index (χ2v) is 9.62. The van der Waals surface area contributed by atoms with E-state index in [9.17, 15) is 0 Å². The second-order valence-electron chi connectivity index (χ2n) is 9.62. The lowest BCUT2D eigenvalue weighted by Crippen LogP contribution is -2.11. The Kier molecular flexibility index (Phi) is 8.71. The molecule has 1 nitrogen and oxygen atoms in total. The predicted molar refractivity (Wildman–Crippen MR) is 141 cm³/mol. The standard InChI is InChI=1S/C32H37FO/c1-3-5-6-21-34-23-25-9-13-26(14-10-25)27-15-17-29(18-16-27)31-20-19-30(22-32(31)33)28-11-7-24(4-2)8-12-28/h4,9-10,13-20,22,24,28H,2-3,5-8,11-12,21,23H2,1H3/t24-,28-. The molecule has 1 fully saturated rings. The van der Waals surface area contributed by atoms with Crippen molar-refractivity contribution >= 4 is 0 Å². The van der Waals surface area contributed by atoms with E-state index >= 15 is 4.39 Å². The molecule has 178 valence electrons. The van der Waals surface area contributed by atoms with E-state index in [-0.39, 0.29) is 5.82 Å². The number of halogens is 1. The molecule has 0 atom stereocenters. The summed E-state index contributed by atoms with van der Waals surface area (Å²) in [5, 5.41) is 0. The Bertz CT molecular complexity index is 1040. The van der Waals surface area contributed by atoms with E-state index in [1.54, 1.807) is 6.07 Å². The third-order valence-electron chi connectivity index (χ3n) is 7.21. The van der Waals surface area contributed by atoms with Gasteiger partial charge in [0, 0.05) is 12.2 Å². The summed E-state index contributed by atoms with van der Waals surface area (Å²) in [7, 11) is 0. The fourth-order valence-corrected chi connectivity index (χ4v) is 4.99. The van der Waals surface area contributed by atoms with Crippen LogP contribution in [-0.4, -0.2) is 6.61 Å². The van der Waals surface area contributed by atoms with E-state index < -0.39 is 0 Å². The predicted octanol–water partition coefficient (Wildman–Crippen LogP) is 9.33. The van der Waals surface area contributed by atoms with Gasteiger partial charge >= 0.3 is 0 Å². The van der Waals surface area contributed by atoms with Gasteiger partial charge in [-0.1, -0.05) is 86.5 Å². The van der Waals surface area contributed by atoms with E-state index in [2.05, 4.69) is 62.0 Å². The van der Waals surface area contributed by atoms with Crippen LogP contribution >= 0.6 is 0 Å². The van der Waals surface area contributed by atoms with Gasteiger partial charge in [0.1, 0.15) is 5.82 Å². The highest BCUT2D eigenvalue weighted by Gasteiger charge is 2.21. The number of hydrogen-bond acceptors (Lipinski definition) is 1. The van der Waals surface area contributed by atoms with E-state index in [0.717, 1.165) is 61.0 Å². The molecule has 0 amide bonds. The Morgan fingerprint density at radius 1 is 0.853 bits per heavy atom. The van der Waals surface area contributed by atoms with Gasteiger partial charge in [-0.3, -0.25) is 0 Å². The molecule has 0 spiro atoms. The Balaban J connectivity index is 1.38. The molecule has 0 saturated heterocycles. The number of benzene rings is 3. The molecular formula is C32H37FO. The fraction of sp³-hybridized carbons (Fsp3) is 0.375. The van der Waals surface area contributed by atoms with Gasteiger partial charge in [0.2, 0.25) is 0 Å². The summed E-state index contributed by atoms with van der Waals surface area (Å²) in [6.45, 7) is 7.61. The van der Waals surface area contributed by atoms with Crippen molar-refractivity contribution in [3.63, 3.8) is 0 Å². The van der Waals surface area contributed by atoms with Crippen molar-refractivity contribution in [1.82, 2.24) is 0 Å². The van der Waals surface area contributed by atoms with Gasteiger partial charge in [-0.15, -0.1) is 6.58 Å². The van der Waals surface area contributed by atoms with Crippen molar-refractivity contribution < 1.29 is 9.13 Å². The Labute approximate surface area is 204 Å². The Hall–Kier alpha value is -2.71. The minimum absolute atomic E-state index is 0.126. The van der Waals surface area contributed by atoms with Crippen LogP contribution in [0.25, 0.3) is 22.3 Å². The number of allylic oxidation sites excluding steroid dienone is 1. The van der Waals surface area contributed by atoms with Gasteiger partial charge in [-0.25, -0.2) is 4.39 Å². The van der Waals surface area contributed by atoms with E-state index in [4.69, 9.17) is 4.74 Å². The molecule has 3 aromatic carbocycles. The van der Waals surface area contributed by atoms with Crippen LogP contribution in [0, 0.1) is 11.7 Å². The zero-order valence-electron chi connectivity index (χ0n) is 20.4. The molecule has 0 N–H and O–H groups in total. The lowest BCUT2D eigenvalue weighted by molar-refractivity contribution is 0.117. The molecule has 0 heterocycles. The average Bonchev–Trinajstić information content (AvgIpc) is 2.89. The van der Waals surface area contributed by atoms with Crippen LogP contribution in [0.1, 0.15) is 68.9 Å². The zero-order chi connectivity index (χ0) is 23.8. The average molecular weight is 457 g/mol. The highest BCUT2D eigenvalue weighted by molar-refractivity contribution is 5.71. The maximum absolute atomic E-state index is 15.0. The maximum atomic E-state index is 15.0. The fourth-order valence-electron chi connectivity index (χ4n) is 4.99. The number of ether oxygens (including phenoxy) is 1. The van der Waals surface area contributed by atoms with Crippen molar-refractivity contribution in [3.05, 3.63) is 96.3 Å². The molecule has 0 aliphatic heterocycles. The van der Waals surface area contributed by atoms with Crippen molar-refractivity contribution in [1.29, 1.82) is 0 Å².